The van der Waals surface area contributed by atoms with E-state index in [2.05, 4.69) is 21.9 Å². The van der Waals surface area contributed by atoms with Crippen LogP contribution >= 0.6 is 0 Å². The molecule has 1 fully saturated rings. The van der Waals surface area contributed by atoms with E-state index in [0.29, 0.717) is 34.5 Å². The number of methoxy groups -OCH3 is 1. The van der Waals surface area contributed by atoms with E-state index in [-0.39, 0.29) is 23.1 Å². The summed E-state index contributed by atoms with van der Waals surface area (Å²) in [5.41, 5.74) is 3.56. The molecule has 0 aliphatic carbocycles. The van der Waals surface area contributed by atoms with Crippen LogP contribution in [0.4, 0.5) is 10.1 Å². The lowest BCUT2D eigenvalue weighted by Crippen LogP contribution is -2.46. The van der Waals surface area contributed by atoms with Gasteiger partial charge in [0.05, 0.1) is 18.2 Å². The van der Waals surface area contributed by atoms with Crippen LogP contribution in [0, 0.1) is 12.7 Å². The number of phenols is 1. The minimum absolute atomic E-state index is 0.120. The van der Waals surface area contributed by atoms with E-state index >= 15 is 0 Å². The molecule has 0 bridgehead atoms. The van der Waals surface area contributed by atoms with Crippen molar-refractivity contribution in [2.75, 3.05) is 38.2 Å². The number of carbonyl (C=O) groups is 1. The maximum Gasteiger partial charge on any atom is 0.232 e. The van der Waals surface area contributed by atoms with Gasteiger partial charge in [0.1, 0.15) is 23.1 Å². The van der Waals surface area contributed by atoms with Crippen molar-refractivity contribution in [3.63, 3.8) is 0 Å². The Labute approximate surface area is 203 Å². The molecule has 3 aromatic rings. The van der Waals surface area contributed by atoms with Crippen molar-refractivity contribution in [1.82, 2.24) is 4.90 Å². The highest BCUT2D eigenvalue weighted by Crippen LogP contribution is 2.42. The predicted molar refractivity (Wildman–Crippen MR) is 133 cm³/mol. The van der Waals surface area contributed by atoms with Gasteiger partial charge in [-0.1, -0.05) is 12.1 Å². The van der Waals surface area contributed by atoms with Gasteiger partial charge >= 0.3 is 0 Å². The van der Waals surface area contributed by atoms with Gasteiger partial charge < -0.3 is 19.5 Å². The van der Waals surface area contributed by atoms with Gasteiger partial charge in [-0.2, -0.15) is 0 Å². The molecule has 0 atom stereocenters. The molecule has 0 unspecified atom stereocenters. The average molecular weight is 475 g/mol. The zero-order chi connectivity index (χ0) is 24.5. The minimum Gasteiger partial charge on any atom is -0.507 e. The van der Waals surface area contributed by atoms with E-state index in [9.17, 15) is 14.3 Å². The van der Waals surface area contributed by atoms with Gasteiger partial charge in [-0.15, -0.1) is 0 Å². The van der Waals surface area contributed by atoms with Crippen LogP contribution in [-0.4, -0.2) is 49.1 Å². The number of halogens is 1. The highest BCUT2D eigenvalue weighted by atomic mass is 19.1. The first-order valence-electron chi connectivity index (χ1n) is 11.6. The summed E-state index contributed by atoms with van der Waals surface area (Å²) in [4.78, 5) is 17.7. The van der Waals surface area contributed by atoms with Gasteiger partial charge in [0.25, 0.3) is 0 Å². The smallest absolute Gasteiger partial charge is 0.232 e. The number of anilines is 1. The Hall–Kier alpha value is -3.84. The first-order chi connectivity index (χ1) is 16.9. The fourth-order valence-electron chi connectivity index (χ4n) is 4.62. The number of nitrogens with zero attached hydrogens (tertiary/aromatic N) is 2. The number of rotatable bonds is 5. The van der Waals surface area contributed by atoms with Crippen molar-refractivity contribution in [3.05, 3.63) is 88.4 Å². The van der Waals surface area contributed by atoms with Crippen molar-refractivity contribution < 1.29 is 23.8 Å². The summed E-state index contributed by atoms with van der Waals surface area (Å²) in [6, 6.07) is 15.5. The van der Waals surface area contributed by atoms with E-state index < -0.39 is 0 Å². The summed E-state index contributed by atoms with van der Waals surface area (Å²) in [6.45, 7) is 5.56. The molecule has 5 rings (SSSR count). The van der Waals surface area contributed by atoms with E-state index in [4.69, 9.17) is 9.47 Å². The normalized spacial score (nSPS) is 16.9. The number of ketones is 1. The second kappa shape index (κ2) is 9.43. The number of allylic oxidation sites excluding steroid dienone is 1. The second-order valence-corrected chi connectivity index (χ2v) is 8.85. The molecule has 0 amide bonds. The number of phenolic OH excluding ortho intramolecular Hbond substituents is 1. The molecule has 0 aromatic heterocycles. The number of hydrogen-bond acceptors (Lipinski definition) is 6. The first-order valence-corrected chi connectivity index (χ1v) is 11.6. The van der Waals surface area contributed by atoms with Gasteiger partial charge in [0.15, 0.2) is 5.76 Å². The van der Waals surface area contributed by atoms with Crippen molar-refractivity contribution in [2.24, 2.45) is 0 Å². The lowest BCUT2D eigenvalue weighted by Gasteiger charge is -2.36. The highest BCUT2D eigenvalue weighted by Gasteiger charge is 2.34. The number of aryl methyl sites for hydroxylation is 1. The number of fused-ring (bicyclic) bond motifs is 1. The standard InChI is InChI=1S/C28H27FN2O4/c1-18-15-24(32)23(17-30-11-13-31(14-12-30)21-7-9-22(34-2)10-8-21)28-26(18)27(33)25(35-28)16-19-3-5-20(29)6-4-19/h3-10,15-16,32H,11-14,17H2,1-2H3/b25-16-. The fraction of sp³-hybridized carbons (Fsp3) is 0.250. The Bertz CT molecular complexity index is 1280. The third-order valence-electron chi connectivity index (χ3n) is 6.58. The third kappa shape index (κ3) is 4.59. The zero-order valence-corrected chi connectivity index (χ0v) is 19.8. The molecule has 2 aliphatic rings. The van der Waals surface area contributed by atoms with Crippen LogP contribution in [-0.2, 0) is 6.54 Å². The highest BCUT2D eigenvalue weighted by molar-refractivity contribution is 6.15. The molecule has 7 heteroatoms. The molecule has 0 radical (unpaired) electrons. The third-order valence-corrected chi connectivity index (χ3v) is 6.58. The molecule has 3 aromatic carbocycles. The summed E-state index contributed by atoms with van der Waals surface area (Å²) in [5.74, 6) is 0.967. The topological polar surface area (TPSA) is 62.2 Å². The van der Waals surface area contributed by atoms with Crippen LogP contribution < -0.4 is 14.4 Å². The molecule has 1 saturated heterocycles. The van der Waals surface area contributed by atoms with Gasteiger partial charge in [0, 0.05) is 38.4 Å². The van der Waals surface area contributed by atoms with Crippen molar-refractivity contribution in [2.45, 2.75) is 13.5 Å². The zero-order valence-electron chi connectivity index (χ0n) is 19.8. The maximum absolute atomic E-state index is 13.3. The second-order valence-electron chi connectivity index (χ2n) is 8.85. The number of carbonyl (C=O) groups excluding carboxylic acids is 1. The Balaban J connectivity index is 1.33. The molecule has 6 nitrogen and oxygen atoms in total. The van der Waals surface area contributed by atoms with E-state index in [1.807, 2.05) is 12.1 Å². The van der Waals surface area contributed by atoms with Gasteiger partial charge in [-0.3, -0.25) is 9.69 Å². The lowest BCUT2D eigenvalue weighted by molar-refractivity contribution is 0.101. The molecule has 0 saturated carbocycles. The van der Waals surface area contributed by atoms with E-state index in [1.165, 1.54) is 12.1 Å². The van der Waals surface area contributed by atoms with Crippen LogP contribution in [0.2, 0.25) is 0 Å². The molecule has 1 N–H and O–H groups in total. The predicted octanol–water partition coefficient (Wildman–Crippen LogP) is 4.79. The molecule has 180 valence electrons. The number of Topliss-reactive ketones (excluding diaryl/α,β-unsaturated/α-hetero) is 1. The molecule has 0 spiro atoms. The van der Waals surface area contributed by atoms with Crippen LogP contribution in [0.25, 0.3) is 6.08 Å². The lowest BCUT2D eigenvalue weighted by atomic mass is 9.99. The van der Waals surface area contributed by atoms with Crippen molar-refractivity contribution in [1.29, 1.82) is 0 Å². The fourth-order valence-corrected chi connectivity index (χ4v) is 4.62. The van der Waals surface area contributed by atoms with Gasteiger partial charge in [-0.25, -0.2) is 4.39 Å². The Morgan fingerprint density at radius 1 is 1.06 bits per heavy atom. The largest absolute Gasteiger partial charge is 0.507 e. The number of aromatic hydroxyl groups is 1. The molecular weight excluding hydrogens is 447 g/mol. The number of ether oxygens (including phenoxy) is 2. The summed E-state index contributed by atoms with van der Waals surface area (Å²) in [6.07, 6.45) is 1.61. The number of piperazine rings is 1. The minimum atomic E-state index is -0.343. The Morgan fingerprint density at radius 2 is 1.74 bits per heavy atom. The van der Waals surface area contributed by atoms with E-state index in [1.54, 1.807) is 38.3 Å². The first kappa shape index (κ1) is 22.9. The quantitative estimate of drug-likeness (QED) is 0.537. The average Bonchev–Trinajstić information content (AvgIpc) is 3.19. The van der Waals surface area contributed by atoms with Crippen LogP contribution in [0.1, 0.15) is 27.0 Å². The molecule has 35 heavy (non-hydrogen) atoms. The number of hydrogen-bond donors (Lipinski definition) is 1. The van der Waals surface area contributed by atoms with Crippen LogP contribution in [0.3, 0.4) is 0 Å². The van der Waals surface area contributed by atoms with Crippen LogP contribution in [0.5, 0.6) is 17.2 Å². The maximum atomic E-state index is 13.3. The summed E-state index contributed by atoms with van der Waals surface area (Å²) in [5, 5.41) is 10.8. The molecule has 2 aliphatic heterocycles. The van der Waals surface area contributed by atoms with Gasteiger partial charge in [0.2, 0.25) is 5.78 Å². The van der Waals surface area contributed by atoms with Crippen molar-refractivity contribution >= 4 is 17.5 Å². The molecule has 2 heterocycles. The summed E-state index contributed by atoms with van der Waals surface area (Å²) < 4.78 is 24.5. The monoisotopic (exact) mass is 474 g/mol. The Kier molecular flexibility index (Phi) is 6.17. The summed E-state index contributed by atoms with van der Waals surface area (Å²) in [7, 11) is 1.66. The number of benzene rings is 3. The van der Waals surface area contributed by atoms with Gasteiger partial charge in [-0.05, 0) is 66.6 Å². The molecular formula is C28H27FN2O4. The Morgan fingerprint density at radius 3 is 2.40 bits per heavy atom. The van der Waals surface area contributed by atoms with Crippen LogP contribution in [0.15, 0.2) is 60.4 Å². The van der Waals surface area contributed by atoms with Crippen molar-refractivity contribution in [3.8, 4) is 17.2 Å². The van der Waals surface area contributed by atoms with E-state index in [0.717, 1.165) is 37.6 Å². The SMILES string of the molecule is COc1ccc(N2CCN(Cc3c(O)cc(C)c4c3O/C(=C\c3ccc(F)cc3)C4=O)CC2)cc1. The summed E-state index contributed by atoms with van der Waals surface area (Å²) >= 11 is 0.